The van der Waals surface area contributed by atoms with Crippen LogP contribution in [0, 0.1) is 6.92 Å². The van der Waals surface area contributed by atoms with Crippen molar-refractivity contribution in [1.29, 1.82) is 0 Å². The Bertz CT molecular complexity index is 1190. The topological polar surface area (TPSA) is 51.0 Å². The first kappa shape index (κ1) is 23.9. The molecule has 172 valence electrons. The highest BCUT2D eigenvalue weighted by molar-refractivity contribution is 7.99. The summed E-state index contributed by atoms with van der Waals surface area (Å²) in [5.41, 5.74) is 2.91. The van der Waals surface area contributed by atoms with Crippen molar-refractivity contribution in [2.75, 3.05) is 10.7 Å². The van der Waals surface area contributed by atoms with Crippen molar-refractivity contribution in [3.05, 3.63) is 109 Å². The summed E-state index contributed by atoms with van der Waals surface area (Å²) in [6, 6.07) is 27.8. The second-order valence-corrected chi connectivity index (χ2v) is 9.58. The summed E-state index contributed by atoms with van der Waals surface area (Å²) < 4.78 is 2.03. The van der Waals surface area contributed by atoms with Crippen molar-refractivity contribution in [3.63, 3.8) is 0 Å². The van der Waals surface area contributed by atoms with E-state index in [0.717, 1.165) is 17.2 Å². The number of aryl methyl sites for hydroxylation is 1. The summed E-state index contributed by atoms with van der Waals surface area (Å²) >= 11 is 3.12. The number of nitrogens with zero attached hydrogens (tertiary/aromatic N) is 4. The number of rotatable bonds is 10. The largest absolute Gasteiger partial charge is 0.301 e. The number of anilines is 2. The molecular formula is C27H26N4OS2. The molecule has 1 heterocycles. The molecule has 0 aliphatic rings. The summed E-state index contributed by atoms with van der Waals surface area (Å²) in [6.45, 7) is 6.55. The van der Waals surface area contributed by atoms with Crippen molar-refractivity contribution in [1.82, 2.24) is 14.8 Å². The summed E-state index contributed by atoms with van der Waals surface area (Å²) in [5, 5.41) is 9.50. The molecule has 1 amide bonds. The fourth-order valence-corrected chi connectivity index (χ4v) is 5.06. The molecule has 0 aliphatic carbocycles. The van der Waals surface area contributed by atoms with Gasteiger partial charge in [-0.3, -0.25) is 9.69 Å². The first-order chi connectivity index (χ1) is 16.7. The van der Waals surface area contributed by atoms with Crippen LogP contribution in [0.25, 0.3) is 0 Å². The van der Waals surface area contributed by atoms with E-state index in [0.29, 0.717) is 17.5 Å². The van der Waals surface area contributed by atoms with E-state index < -0.39 is 0 Å². The predicted molar refractivity (Wildman–Crippen MR) is 142 cm³/mol. The fourth-order valence-electron chi connectivity index (χ4n) is 3.41. The van der Waals surface area contributed by atoms with E-state index in [4.69, 9.17) is 0 Å². The van der Waals surface area contributed by atoms with E-state index in [1.807, 2.05) is 71.3 Å². The lowest BCUT2D eigenvalue weighted by Crippen LogP contribution is -2.27. The Balaban J connectivity index is 1.48. The van der Waals surface area contributed by atoms with Crippen molar-refractivity contribution in [2.24, 2.45) is 0 Å². The number of thioether (sulfide) groups is 2. The lowest BCUT2D eigenvalue weighted by atomic mass is 10.2. The second kappa shape index (κ2) is 11.7. The van der Waals surface area contributed by atoms with E-state index in [-0.39, 0.29) is 11.7 Å². The van der Waals surface area contributed by atoms with E-state index in [1.165, 1.54) is 22.2 Å². The van der Waals surface area contributed by atoms with Crippen molar-refractivity contribution >= 4 is 40.8 Å². The molecular weight excluding hydrogens is 460 g/mol. The Hall–Kier alpha value is -3.29. The molecule has 0 saturated heterocycles. The van der Waals surface area contributed by atoms with Crippen LogP contribution >= 0.6 is 23.5 Å². The van der Waals surface area contributed by atoms with Gasteiger partial charge in [-0.1, -0.05) is 71.9 Å². The lowest BCUT2D eigenvalue weighted by molar-refractivity contribution is -0.115. The third kappa shape index (κ3) is 5.98. The van der Waals surface area contributed by atoms with Crippen LogP contribution in [-0.4, -0.2) is 26.4 Å². The van der Waals surface area contributed by atoms with Crippen LogP contribution < -0.4 is 4.90 Å². The van der Waals surface area contributed by atoms with Crippen LogP contribution in [0.1, 0.15) is 11.4 Å². The molecule has 5 nitrogen and oxygen atoms in total. The lowest BCUT2D eigenvalue weighted by Gasteiger charge is -2.23. The van der Waals surface area contributed by atoms with E-state index in [1.54, 1.807) is 16.7 Å². The summed E-state index contributed by atoms with van der Waals surface area (Å²) in [4.78, 5) is 16.3. The number of hydrogen-bond acceptors (Lipinski definition) is 5. The standard InChI is InChI=1S/C27H26N4OS2/c1-3-18-30-25(19-33-24-16-14-21(2)15-17-24)28-29-27(30)34-20-26(32)31(22-10-6-4-7-11-22)23-12-8-5-9-13-23/h3-17H,1,18-20H2,2H3. The molecule has 4 aromatic rings. The molecule has 0 saturated carbocycles. The molecule has 34 heavy (non-hydrogen) atoms. The molecule has 0 spiro atoms. The second-order valence-electron chi connectivity index (χ2n) is 7.59. The normalized spacial score (nSPS) is 10.7. The number of carbonyl (C=O) groups is 1. The summed E-state index contributed by atoms with van der Waals surface area (Å²) in [6.07, 6.45) is 1.83. The average Bonchev–Trinajstić information content (AvgIpc) is 3.25. The van der Waals surface area contributed by atoms with Gasteiger partial charge in [0.1, 0.15) is 5.82 Å². The molecule has 0 N–H and O–H groups in total. The van der Waals surface area contributed by atoms with Crippen molar-refractivity contribution < 1.29 is 4.79 Å². The van der Waals surface area contributed by atoms with Crippen LogP contribution in [0.3, 0.4) is 0 Å². The highest BCUT2D eigenvalue weighted by Crippen LogP contribution is 2.28. The minimum atomic E-state index is -0.0221. The molecule has 1 aromatic heterocycles. The van der Waals surface area contributed by atoms with Gasteiger partial charge < -0.3 is 4.57 Å². The minimum Gasteiger partial charge on any atom is -0.301 e. The Labute approximate surface area is 208 Å². The predicted octanol–water partition coefficient (Wildman–Crippen LogP) is 6.52. The number of amides is 1. The molecule has 4 rings (SSSR count). The number of benzene rings is 3. The zero-order valence-electron chi connectivity index (χ0n) is 19.0. The maximum absolute atomic E-state index is 13.4. The number of aromatic nitrogens is 3. The van der Waals surface area contributed by atoms with Crippen LogP contribution in [-0.2, 0) is 17.1 Å². The zero-order chi connectivity index (χ0) is 23.8. The Morgan fingerprint density at radius 1 is 0.912 bits per heavy atom. The first-order valence-corrected chi connectivity index (χ1v) is 12.9. The molecule has 0 bridgehead atoms. The highest BCUT2D eigenvalue weighted by atomic mass is 32.2. The van der Waals surface area contributed by atoms with Gasteiger partial charge in [-0.15, -0.1) is 28.5 Å². The van der Waals surface area contributed by atoms with Crippen LogP contribution in [0.2, 0.25) is 0 Å². The minimum absolute atomic E-state index is 0.0221. The first-order valence-electron chi connectivity index (χ1n) is 10.9. The molecule has 0 aliphatic heterocycles. The van der Waals surface area contributed by atoms with E-state index in [2.05, 4.69) is 48.0 Å². The van der Waals surface area contributed by atoms with E-state index >= 15 is 0 Å². The van der Waals surface area contributed by atoms with Gasteiger partial charge in [-0.25, -0.2) is 0 Å². The highest BCUT2D eigenvalue weighted by Gasteiger charge is 2.20. The van der Waals surface area contributed by atoms with Crippen LogP contribution in [0.4, 0.5) is 11.4 Å². The third-order valence-corrected chi connectivity index (χ3v) is 7.06. The summed E-state index contributed by atoms with van der Waals surface area (Å²) in [5.74, 6) is 1.78. The van der Waals surface area contributed by atoms with Gasteiger partial charge in [0, 0.05) is 22.8 Å². The van der Waals surface area contributed by atoms with E-state index in [9.17, 15) is 4.79 Å². The molecule has 3 aromatic carbocycles. The average molecular weight is 487 g/mol. The number of allylic oxidation sites excluding steroid dienone is 1. The van der Waals surface area contributed by atoms with Gasteiger partial charge >= 0.3 is 0 Å². The van der Waals surface area contributed by atoms with Gasteiger partial charge in [0.2, 0.25) is 5.91 Å². The summed E-state index contributed by atoms with van der Waals surface area (Å²) in [7, 11) is 0. The third-order valence-electron chi connectivity index (χ3n) is 5.10. The Kier molecular flexibility index (Phi) is 8.22. The monoisotopic (exact) mass is 486 g/mol. The maximum atomic E-state index is 13.4. The SMILES string of the molecule is C=CCn1c(CSc2ccc(C)cc2)nnc1SCC(=O)N(c1ccccc1)c1ccccc1. The molecule has 0 fully saturated rings. The van der Waals surface area contributed by atoms with Crippen LogP contribution in [0.15, 0.2) is 108 Å². The zero-order valence-corrected chi connectivity index (χ0v) is 20.6. The molecule has 0 atom stereocenters. The quantitative estimate of drug-likeness (QED) is 0.189. The smallest absolute Gasteiger partial charge is 0.242 e. The molecule has 7 heteroatoms. The Morgan fingerprint density at radius 2 is 1.53 bits per heavy atom. The van der Waals surface area contributed by atoms with Gasteiger partial charge in [0.25, 0.3) is 0 Å². The van der Waals surface area contributed by atoms with Crippen molar-refractivity contribution in [3.8, 4) is 0 Å². The number of carbonyl (C=O) groups excluding carboxylic acids is 1. The van der Waals surface area contributed by atoms with Gasteiger partial charge in [-0.2, -0.15) is 0 Å². The van der Waals surface area contributed by atoms with Gasteiger partial charge in [-0.05, 0) is 43.3 Å². The number of para-hydroxylation sites is 2. The van der Waals surface area contributed by atoms with Crippen LogP contribution in [0.5, 0.6) is 0 Å². The number of hydrogen-bond donors (Lipinski definition) is 0. The Morgan fingerprint density at radius 3 is 2.12 bits per heavy atom. The fraction of sp³-hybridized carbons (Fsp3) is 0.148. The van der Waals surface area contributed by atoms with Gasteiger partial charge in [0.15, 0.2) is 5.16 Å². The van der Waals surface area contributed by atoms with Gasteiger partial charge in [0.05, 0.1) is 11.5 Å². The maximum Gasteiger partial charge on any atom is 0.242 e. The molecule has 0 unspecified atom stereocenters. The molecule has 0 radical (unpaired) electrons. The van der Waals surface area contributed by atoms with Crippen molar-refractivity contribution in [2.45, 2.75) is 29.3 Å².